The number of allylic oxidation sites excluding steroid dienone is 1. The van der Waals surface area contributed by atoms with Gasteiger partial charge < -0.3 is 20.1 Å². The fourth-order valence-electron chi connectivity index (χ4n) is 4.25. The number of anilines is 2. The predicted molar refractivity (Wildman–Crippen MR) is 139 cm³/mol. The van der Waals surface area contributed by atoms with Gasteiger partial charge in [0.25, 0.3) is 5.91 Å². The molecule has 3 aromatic carbocycles. The first-order valence-corrected chi connectivity index (χ1v) is 11.7. The summed E-state index contributed by atoms with van der Waals surface area (Å²) in [4.78, 5) is 18.4. The molecule has 1 unspecified atom stereocenters. The number of methoxy groups -OCH3 is 1. The van der Waals surface area contributed by atoms with E-state index in [0.717, 1.165) is 22.6 Å². The standard InChI is InChI=1S/C28H27N5O3/c1-4-36-23-14-10-19(11-15-23)25-24(27(34)30-21-12-16-22(35-3)17-13-21)18(2)29-28-31-26(32-33(25)28)20-8-6-5-7-9-20/h5-17,25H,4H2,1-3H3,(H,30,34)(H,29,31,32). The summed E-state index contributed by atoms with van der Waals surface area (Å²) < 4.78 is 12.6. The third-order valence-electron chi connectivity index (χ3n) is 5.98. The van der Waals surface area contributed by atoms with E-state index in [0.29, 0.717) is 35.3 Å². The number of hydrogen-bond acceptors (Lipinski definition) is 6. The molecule has 0 aliphatic carbocycles. The molecule has 182 valence electrons. The Morgan fingerprint density at radius 3 is 2.36 bits per heavy atom. The average molecular weight is 482 g/mol. The number of ether oxygens (including phenoxy) is 2. The molecular weight excluding hydrogens is 454 g/mol. The van der Waals surface area contributed by atoms with Crippen LogP contribution in [0.5, 0.6) is 11.5 Å². The molecule has 1 aliphatic heterocycles. The van der Waals surface area contributed by atoms with E-state index < -0.39 is 6.04 Å². The largest absolute Gasteiger partial charge is 0.497 e. The summed E-state index contributed by atoms with van der Waals surface area (Å²) >= 11 is 0. The van der Waals surface area contributed by atoms with Crippen LogP contribution >= 0.6 is 0 Å². The van der Waals surface area contributed by atoms with Crippen molar-refractivity contribution in [3.05, 3.63) is 95.7 Å². The van der Waals surface area contributed by atoms with Gasteiger partial charge in [0.1, 0.15) is 17.5 Å². The summed E-state index contributed by atoms with van der Waals surface area (Å²) in [6.07, 6.45) is 0. The fourth-order valence-corrected chi connectivity index (χ4v) is 4.25. The minimum atomic E-state index is -0.486. The van der Waals surface area contributed by atoms with Gasteiger partial charge in [-0.1, -0.05) is 42.5 Å². The van der Waals surface area contributed by atoms with E-state index in [1.807, 2.05) is 92.7 Å². The first-order valence-electron chi connectivity index (χ1n) is 11.7. The smallest absolute Gasteiger partial charge is 0.255 e. The molecule has 2 heterocycles. The number of amides is 1. The summed E-state index contributed by atoms with van der Waals surface area (Å²) in [5.41, 5.74) is 3.71. The van der Waals surface area contributed by atoms with Crippen LogP contribution in [0.1, 0.15) is 25.5 Å². The highest BCUT2D eigenvalue weighted by Gasteiger charge is 2.34. The Balaban J connectivity index is 1.55. The highest BCUT2D eigenvalue weighted by Crippen LogP contribution is 2.37. The van der Waals surface area contributed by atoms with Crippen LogP contribution in [0.2, 0.25) is 0 Å². The van der Waals surface area contributed by atoms with E-state index in [1.165, 1.54) is 0 Å². The molecule has 0 fully saturated rings. The predicted octanol–water partition coefficient (Wildman–Crippen LogP) is 5.28. The van der Waals surface area contributed by atoms with Crippen molar-refractivity contribution in [3.8, 4) is 22.9 Å². The third kappa shape index (κ3) is 4.53. The molecule has 36 heavy (non-hydrogen) atoms. The quantitative estimate of drug-likeness (QED) is 0.373. The Bertz CT molecular complexity index is 1390. The van der Waals surface area contributed by atoms with Gasteiger partial charge in [0.2, 0.25) is 5.95 Å². The lowest BCUT2D eigenvalue weighted by Gasteiger charge is -2.28. The maximum absolute atomic E-state index is 13.6. The maximum atomic E-state index is 13.6. The van der Waals surface area contributed by atoms with Gasteiger partial charge in [-0.15, -0.1) is 5.10 Å². The van der Waals surface area contributed by atoms with Crippen LogP contribution < -0.4 is 20.1 Å². The van der Waals surface area contributed by atoms with Crippen LogP contribution in [0, 0.1) is 0 Å². The highest BCUT2D eigenvalue weighted by atomic mass is 16.5. The zero-order valence-electron chi connectivity index (χ0n) is 20.4. The number of carbonyl (C=O) groups is 1. The van der Waals surface area contributed by atoms with Crippen molar-refractivity contribution < 1.29 is 14.3 Å². The number of nitrogens with one attached hydrogen (secondary N) is 2. The summed E-state index contributed by atoms with van der Waals surface area (Å²) in [6.45, 7) is 4.40. The Morgan fingerprint density at radius 1 is 1.00 bits per heavy atom. The first-order chi connectivity index (χ1) is 17.6. The monoisotopic (exact) mass is 481 g/mol. The van der Waals surface area contributed by atoms with Crippen LogP contribution in [0.15, 0.2) is 90.1 Å². The molecule has 0 saturated heterocycles. The van der Waals surface area contributed by atoms with E-state index in [1.54, 1.807) is 11.8 Å². The molecule has 1 amide bonds. The average Bonchev–Trinajstić information content (AvgIpc) is 3.33. The number of aromatic nitrogens is 3. The lowest BCUT2D eigenvalue weighted by Crippen LogP contribution is -2.31. The molecule has 1 aromatic heterocycles. The molecular formula is C28H27N5O3. The van der Waals surface area contributed by atoms with Gasteiger partial charge in [-0.3, -0.25) is 4.79 Å². The first kappa shape index (κ1) is 23.2. The van der Waals surface area contributed by atoms with Crippen LogP contribution in [0.3, 0.4) is 0 Å². The molecule has 5 rings (SSSR count). The van der Waals surface area contributed by atoms with E-state index in [4.69, 9.17) is 19.6 Å². The van der Waals surface area contributed by atoms with Gasteiger partial charge in [-0.2, -0.15) is 4.98 Å². The molecule has 4 aromatic rings. The number of fused-ring (bicyclic) bond motifs is 1. The second kappa shape index (κ2) is 9.95. The van der Waals surface area contributed by atoms with E-state index in [9.17, 15) is 4.79 Å². The van der Waals surface area contributed by atoms with Gasteiger partial charge in [0, 0.05) is 16.9 Å². The van der Waals surface area contributed by atoms with Crippen LogP contribution in [-0.2, 0) is 4.79 Å². The molecule has 8 heteroatoms. The summed E-state index contributed by atoms with van der Waals surface area (Å²) in [6, 6.07) is 24.3. The summed E-state index contributed by atoms with van der Waals surface area (Å²) in [5.74, 6) is 2.41. The van der Waals surface area contributed by atoms with E-state index in [-0.39, 0.29) is 5.91 Å². The number of rotatable bonds is 7. The minimum Gasteiger partial charge on any atom is -0.497 e. The lowest BCUT2D eigenvalue weighted by atomic mass is 9.95. The third-order valence-corrected chi connectivity index (χ3v) is 5.98. The number of hydrogen-bond donors (Lipinski definition) is 2. The molecule has 0 saturated carbocycles. The van der Waals surface area contributed by atoms with Crippen LogP contribution in [0.4, 0.5) is 11.6 Å². The number of carbonyl (C=O) groups excluding carboxylic acids is 1. The molecule has 2 N–H and O–H groups in total. The molecule has 8 nitrogen and oxygen atoms in total. The Kier molecular flexibility index (Phi) is 6.40. The summed E-state index contributed by atoms with van der Waals surface area (Å²) in [5, 5.41) is 11.1. The van der Waals surface area contributed by atoms with Gasteiger partial charge in [0.05, 0.1) is 19.3 Å². The second-order valence-corrected chi connectivity index (χ2v) is 8.32. The van der Waals surface area contributed by atoms with Gasteiger partial charge in [0.15, 0.2) is 5.82 Å². The van der Waals surface area contributed by atoms with Gasteiger partial charge in [-0.25, -0.2) is 4.68 Å². The van der Waals surface area contributed by atoms with Crippen molar-refractivity contribution in [1.29, 1.82) is 0 Å². The Morgan fingerprint density at radius 2 is 1.69 bits per heavy atom. The molecule has 0 spiro atoms. The molecule has 0 radical (unpaired) electrons. The normalized spacial score (nSPS) is 14.6. The van der Waals surface area contributed by atoms with Crippen molar-refractivity contribution in [1.82, 2.24) is 14.8 Å². The number of benzene rings is 3. The van der Waals surface area contributed by atoms with Crippen LogP contribution in [-0.4, -0.2) is 34.4 Å². The maximum Gasteiger partial charge on any atom is 0.255 e. The van der Waals surface area contributed by atoms with E-state index >= 15 is 0 Å². The Labute approximate surface area is 209 Å². The zero-order chi connectivity index (χ0) is 25.1. The minimum absolute atomic E-state index is 0.230. The highest BCUT2D eigenvalue weighted by molar-refractivity contribution is 6.06. The topological polar surface area (TPSA) is 90.3 Å². The van der Waals surface area contributed by atoms with Crippen molar-refractivity contribution >= 4 is 17.5 Å². The fraction of sp³-hybridized carbons (Fsp3) is 0.179. The van der Waals surface area contributed by atoms with Crippen LogP contribution in [0.25, 0.3) is 11.4 Å². The molecule has 0 bridgehead atoms. The van der Waals surface area contributed by atoms with Crippen molar-refractivity contribution in [2.24, 2.45) is 0 Å². The zero-order valence-corrected chi connectivity index (χ0v) is 20.4. The van der Waals surface area contributed by atoms with Gasteiger partial charge >= 0.3 is 0 Å². The lowest BCUT2D eigenvalue weighted by molar-refractivity contribution is -0.113. The SMILES string of the molecule is CCOc1ccc(C2C(C(=O)Nc3ccc(OC)cc3)=C(C)Nc3nc(-c4ccccc4)nn32)cc1. The van der Waals surface area contributed by atoms with Gasteiger partial charge in [-0.05, 0) is 55.8 Å². The molecule has 1 aliphatic rings. The van der Waals surface area contributed by atoms with Crippen molar-refractivity contribution in [3.63, 3.8) is 0 Å². The summed E-state index contributed by atoms with van der Waals surface area (Å²) in [7, 11) is 1.61. The molecule has 1 atom stereocenters. The van der Waals surface area contributed by atoms with Crippen molar-refractivity contribution in [2.75, 3.05) is 24.4 Å². The Hall–Kier alpha value is -4.59. The van der Waals surface area contributed by atoms with E-state index in [2.05, 4.69) is 10.6 Å². The second-order valence-electron chi connectivity index (χ2n) is 8.32. The van der Waals surface area contributed by atoms with Crippen molar-refractivity contribution in [2.45, 2.75) is 19.9 Å². The number of nitrogens with zero attached hydrogens (tertiary/aromatic N) is 3.